The van der Waals surface area contributed by atoms with Gasteiger partial charge in [-0.1, -0.05) is 0 Å². The molecule has 0 aliphatic heterocycles. The lowest BCUT2D eigenvalue weighted by Crippen LogP contribution is -2.43. The van der Waals surface area contributed by atoms with Gasteiger partial charge in [0.25, 0.3) is 0 Å². The number of rotatable bonds is 8. The monoisotopic (exact) mass is 316 g/mol. The average Bonchev–Trinajstić information content (AvgIpc) is 2.50. The van der Waals surface area contributed by atoms with Crippen molar-refractivity contribution >= 4 is 12.3 Å². The Morgan fingerprint density at radius 2 is 1.24 bits per heavy atom. The van der Waals surface area contributed by atoms with Crippen LogP contribution in [-0.4, -0.2) is 108 Å². The Labute approximate surface area is 119 Å². The third-order valence-electron chi connectivity index (χ3n) is 2.23. The molecule has 0 aromatic heterocycles. The molecule has 0 radical (unpaired) electrons. The average molecular weight is 316 g/mol. The van der Waals surface area contributed by atoms with Crippen molar-refractivity contribution in [2.24, 2.45) is 0 Å². The van der Waals surface area contributed by atoms with Crippen molar-refractivity contribution < 1.29 is 55.5 Å². The van der Waals surface area contributed by atoms with Gasteiger partial charge in [0.2, 0.25) is 0 Å². The zero-order chi connectivity index (χ0) is 17.2. The molecule has 0 saturated heterocycles. The number of hydrogen-bond acceptors (Lipinski definition) is 10. The normalized spacial score (nSPS) is 19.2. The first kappa shape index (κ1) is 22.1. The summed E-state index contributed by atoms with van der Waals surface area (Å²) in [5, 5.41) is 76.3. The number of aldehydes is 1. The molecule has 11 nitrogen and oxygen atoms in total. The lowest BCUT2D eigenvalue weighted by atomic mass is 10.1. The highest BCUT2D eigenvalue weighted by atomic mass is 16.4. The van der Waals surface area contributed by atoms with Gasteiger partial charge in [-0.15, -0.1) is 0 Å². The number of carboxylic acids is 1. The molecule has 0 spiro atoms. The van der Waals surface area contributed by atoms with Crippen LogP contribution in [-0.2, 0) is 9.59 Å². The number of carbonyl (C=O) groups is 2. The molecule has 6 atom stereocenters. The zero-order valence-electron chi connectivity index (χ0n) is 10.8. The predicted octanol–water partition coefficient (Wildman–Crippen LogP) is -5.59. The number of carbonyl (C=O) groups excluding carboxylic acids is 1. The van der Waals surface area contributed by atoms with Crippen LogP contribution >= 0.6 is 0 Å². The predicted molar refractivity (Wildman–Crippen MR) is 63.9 cm³/mol. The van der Waals surface area contributed by atoms with Crippen LogP contribution in [0, 0.1) is 0 Å². The van der Waals surface area contributed by atoms with Crippen molar-refractivity contribution in [3.8, 4) is 0 Å². The van der Waals surface area contributed by atoms with E-state index in [1.807, 2.05) is 0 Å². The molecule has 0 aliphatic carbocycles. The molecule has 0 fully saturated rings. The maximum absolute atomic E-state index is 9.96. The fourth-order valence-electron chi connectivity index (χ4n) is 0.881. The second kappa shape index (κ2) is 11.5. The van der Waals surface area contributed by atoms with Crippen LogP contribution in [0.25, 0.3) is 0 Å². The molecule has 0 bridgehead atoms. The molecule has 0 rings (SSSR count). The zero-order valence-corrected chi connectivity index (χ0v) is 10.8. The van der Waals surface area contributed by atoms with Crippen LogP contribution in [0.2, 0.25) is 0 Å². The van der Waals surface area contributed by atoms with Crippen LogP contribution in [0.5, 0.6) is 0 Å². The lowest BCUT2D eigenvalue weighted by Gasteiger charge is -2.17. The summed E-state index contributed by atoms with van der Waals surface area (Å²) in [7, 11) is 0. The summed E-state index contributed by atoms with van der Waals surface area (Å²) in [6.07, 6.45) is -10.2. The van der Waals surface area contributed by atoms with E-state index in [1.54, 1.807) is 0 Å². The SMILES string of the molecule is O=C(O)[C@H](O)[C@@H](O)[C@H](O)CO.O=C[C@H](O)[C@@H](O)[C@H](O)CO. The lowest BCUT2D eigenvalue weighted by molar-refractivity contribution is -0.159. The van der Waals surface area contributed by atoms with Gasteiger partial charge in [0.05, 0.1) is 13.2 Å². The van der Waals surface area contributed by atoms with E-state index in [0.717, 1.165) is 0 Å². The Morgan fingerprint density at radius 3 is 1.52 bits per heavy atom. The molecule has 9 N–H and O–H groups in total. The smallest absolute Gasteiger partial charge is 0.335 e. The molecular weight excluding hydrogens is 296 g/mol. The maximum atomic E-state index is 9.96. The van der Waals surface area contributed by atoms with E-state index < -0.39 is 55.8 Å². The summed E-state index contributed by atoms with van der Waals surface area (Å²) in [6, 6.07) is 0. The van der Waals surface area contributed by atoms with Gasteiger partial charge in [0.1, 0.15) is 30.5 Å². The summed E-state index contributed by atoms with van der Waals surface area (Å²) in [5.41, 5.74) is 0. The fraction of sp³-hybridized carbons (Fsp3) is 0.800. The Morgan fingerprint density at radius 1 is 0.857 bits per heavy atom. The van der Waals surface area contributed by atoms with Crippen molar-refractivity contribution in [2.45, 2.75) is 36.6 Å². The van der Waals surface area contributed by atoms with Gasteiger partial charge in [-0.05, 0) is 0 Å². The fourth-order valence-corrected chi connectivity index (χ4v) is 0.881. The van der Waals surface area contributed by atoms with Gasteiger partial charge >= 0.3 is 5.97 Å². The topological polar surface area (TPSA) is 216 Å². The van der Waals surface area contributed by atoms with Crippen LogP contribution in [0.4, 0.5) is 0 Å². The van der Waals surface area contributed by atoms with Crippen molar-refractivity contribution in [2.75, 3.05) is 13.2 Å². The third kappa shape index (κ3) is 8.64. The third-order valence-corrected chi connectivity index (χ3v) is 2.23. The highest BCUT2D eigenvalue weighted by molar-refractivity contribution is 5.72. The van der Waals surface area contributed by atoms with Crippen LogP contribution < -0.4 is 0 Å². The number of hydrogen-bond donors (Lipinski definition) is 9. The van der Waals surface area contributed by atoms with Gasteiger partial charge < -0.3 is 50.8 Å². The van der Waals surface area contributed by atoms with Crippen LogP contribution in [0.15, 0.2) is 0 Å². The molecule has 0 unspecified atom stereocenters. The van der Waals surface area contributed by atoms with Crippen molar-refractivity contribution in [1.29, 1.82) is 0 Å². The highest BCUT2D eigenvalue weighted by Crippen LogP contribution is 1.99. The number of aliphatic hydroxyl groups is 8. The first-order valence-electron chi connectivity index (χ1n) is 5.62. The summed E-state index contributed by atoms with van der Waals surface area (Å²) in [5.74, 6) is -1.65. The molecule has 0 saturated carbocycles. The molecule has 0 aliphatic rings. The van der Waals surface area contributed by atoms with E-state index in [2.05, 4.69) is 0 Å². The minimum atomic E-state index is -2.07. The molecule has 126 valence electrons. The van der Waals surface area contributed by atoms with E-state index in [9.17, 15) is 9.59 Å². The second-order valence-electron chi connectivity index (χ2n) is 3.89. The van der Waals surface area contributed by atoms with Crippen molar-refractivity contribution in [1.82, 2.24) is 0 Å². The number of aliphatic carboxylic acids is 1. The number of aliphatic hydroxyl groups excluding tert-OH is 8. The quantitative estimate of drug-likeness (QED) is 0.192. The van der Waals surface area contributed by atoms with Crippen molar-refractivity contribution in [3.63, 3.8) is 0 Å². The Bertz CT molecular complexity index is 297. The molecule has 0 heterocycles. The minimum absolute atomic E-state index is 0.0869. The number of carboxylic acid groups (broad SMARTS) is 1. The molecule has 0 aromatic carbocycles. The minimum Gasteiger partial charge on any atom is -0.479 e. The first-order valence-corrected chi connectivity index (χ1v) is 5.62. The van der Waals surface area contributed by atoms with E-state index in [4.69, 9.17) is 46.0 Å². The van der Waals surface area contributed by atoms with Gasteiger partial charge in [-0.25, -0.2) is 4.79 Å². The van der Waals surface area contributed by atoms with Gasteiger partial charge in [-0.2, -0.15) is 0 Å². The molecule has 0 aromatic rings. The molecule has 21 heavy (non-hydrogen) atoms. The summed E-state index contributed by atoms with van der Waals surface area (Å²) >= 11 is 0. The van der Waals surface area contributed by atoms with Gasteiger partial charge in [0.15, 0.2) is 12.4 Å². The van der Waals surface area contributed by atoms with E-state index in [1.165, 1.54) is 0 Å². The molecule has 0 amide bonds. The van der Waals surface area contributed by atoms with Gasteiger partial charge in [-0.3, -0.25) is 0 Å². The Kier molecular flexibility index (Phi) is 12.1. The summed E-state index contributed by atoms with van der Waals surface area (Å²) < 4.78 is 0. The van der Waals surface area contributed by atoms with Crippen LogP contribution in [0.3, 0.4) is 0 Å². The standard InChI is InChI=1S/C5H10O6.C5H10O5/c6-1-2(7)3(8)4(9)5(10)11;6-1-3(8)5(10)4(9)2-7/h2-4,6-9H,1H2,(H,10,11);1,3-5,7-10H,2H2/t2-,3+,4-;3-,4+,5+/m10/s1. The maximum Gasteiger partial charge on any atom is 0.335 e. The van der Waals surface area contributed by atoms with Gasteiger partial charge in [0, 0.05) is 0 Å². The molecule has 11 heteroatoms. The van der Waals surface area contributed by atoms with Crippen molar-refractivity contribution in [3.05, 3.63) is 0 Å². The summed E-state index contributed by atoms with van der Waals surface area (Å²) in [4.78, 5) is 19.7. The van der Waals surface area contributed by atoms with E-state index in [-0.39, 0.29) is 6.29 Å². The Hall–Kier alpha value is -1.18. The second-order valence-corrected chi connectivity index (χ2v) is 3.89. The largest absolute Gasteiger partial charge is 0.479 e. The first-order chi connectivity index (χ1) is 9.63. The summed E-state index contributed by atoms with van der Waals surface area (Å²) in [6.45, 7) is -1.49. The molecular formula is C10H20O11. The highest BCUT2D eigenvalue weighted by Gasteiger charge is 2.29. The van der Waals surface area contributed by atoms with Crippen LogP contribution in [0.1, 0.15) is 0 Å². The van der Waals surface area contributed by atoms with E-state index >= 15 is 0 Å². The van der Waals surface area contributed by atoms with E-state index in [0.29, 0.717) is 0 Å². The Balaban J connectivity index is 0.